The fourth-order valence-corrected chi connectivity index (χ4v) is 5.54. The van der Waals surface area contributed by atoms with E-state index in [1.165, 1.54) is 31.3 Å². The summed E-state index contributed by atoms with van der Waals surface area (Å²) < 4.78 is 39.5. The minimum absolute atomic E-state index is 0.0189. The second-order valence-electron chi connectivity index (χ2n) is 8.75. The first-order chi connectivity index (χ1) is 18.7. The number of nitrogens with zero attached hydrogens (tertiary/aromatic N) is 2. The summed E-state index contributed by atoms with van der Waals surface area (Å²) in [5.41, 5.74) is 1.20. The standard InChI is InChI=1S/C29H35N3O6S/c1-5-30-29(34)22(2)31(20-19-23-11-7-6-8-12-23)28(33)21-32(26-13-9-10-14-27(26)38-4)39(35,36)25-17-15-24(37-3)16-18-25/h6-18,22H,5,19-21H2,1-4H3,(H,30,34)/t22-/m0/s1. The maximum atomic E-state index is 13.9. The quantitative estimate of drug-likeness (QED) is 0.347. The predicted molar refractivity (Wildman–Crippen MR) is 151 cm³/mol. The van der Waals surface area contributed by atoms with Crippen molar-refractivity contribution in [2.24, 2.45) is 0 Å². The number of carbonyl (C=O) groups excluding carboxylic acids is 2. The number of amides is 2. The Kier molecular flexibility index (Phi) is 10.3. The maximum Gasteiger partial charge on any atom is 0.264 e. The molecule has 1 N–H and O–H groups in total. The number of sulfonamides is 1. The number of likely N-dealkylation sites (N-methyl/N-ethyl adjacent to an activating group) is 1. The lowest BCUT2D eigenvalue weighted by atomic mass is 10.1. The van der Waals surface area contributed by atoms with Crippen LogP contribution < -0.4 is 19.1 Å². The average molecular weight is 554 g/mol. The van der Waals surface area contributed by atoms with Gasteiger partial charge in [-0.15, -0.1) is 0 Å². The molecule has 0 fully saturated rings. The van der Waals surface area contributed by atoms with Crippen molar-refractivity contribution in [3.05, 3.63) is 84.4 Å². The molecule has 9 nitrogen and oxygen atoms in total. The molecule has 208 valence electrons. The summed E-state index contributed by atoms with van der Waals surface area (Å²) in [4.78, 5) is 28.0. The number of benzene rings is 3. The van der Waals surface area contributed by atoms with Crippen LogP contribution in [0, 0.1) is 0 Å². The molecule has 0 aliphatic rings. The number of hydrogen-bond donors (Lipinski definition) is 1. The lowest BCUT2D eigenvalue weighted by Crippen LogP contribution is -2.52. The zero-order chi connectivity index (χ0) is 28.4. The first-order valence-electron chi connectivity index (χ1n) is 12.6. The first kappa shape index (κ1) is 29.5. The molecule has 0 aromatic heterocycles. The Morgan fingerprint density at radius 3 is 2.15 bits per heavy atom. The van der Waals surface area contributed by atoms with Crippen LogP contribution in [0.5, 0.6) is 11.5 Å². The number of para-hydroxylation sites is 2. The zero-order valence-corrected chi connectivity index (χ0v) is 23.5. The maximum absolute atomic E-state index is 13.9. The Morgan fingerprint density at radius 1 is 0.897 bits per heavy atom. The summed E-state index contributed by atoms with van der Waals surface area (Å²) in [6.07, 6.45) is 0.496. The summed E-state index contributed by atoms with van der Waals surface area (Å²) in [6, 6.07) is 21.3. The van der Waals surface area contributed by atoms with Gasteiger partial charge in [0.15, 0.2) is 0 Å². The summed E-state index contributed by atoms with van der Waals surface area (Å²) in [7, 11) is -1.29. The van der Waals surface area contributed by atoms with Crippen LogP contribution >= 0.6 is 0 Å². The summed E-state index contributed by atoms with van der Waals surface area (Å²) >= 11 is 0. The molecular formula is C29H35N3O6S. The van der Waals surface area contributed by atoms with Gasteiger partial charge in [-0.05, 0) is 62.2 Å². The van der Waals surface area contributed by atoms with Crippen molar-refractivity contribution >= 4 is 27.5 Å². The van der Waals surface area contributed by atoms with Crippen molar-refractivity contribution in [1.82, 2.24) is 10.2 Å². The Bertz CT molecular complexity index is 1350. The van der Waals surface area contributed by atoms with Crippen molar-refractivity contribution in [2.45, 2.75) is 31.2 Å². The fraction of sp³-hybridized carbons (Fsp3) is 0.310. The average Bonchev–Trinajstić information content (AvgIpc) is 2.96. The number of anilines is 1. The Balaban J connectivity index is 2.01. The van der Waals surface area contributed by atoms with Crippen molar-refractivity contribution < 1.29 is 27.5 Å². The summed E-state index contributed by atoms with van der Waals surface area (Å²) in [5, 5.41) is 2.75. The Labute approximate surface area is 230 Å². The third-order valence-corrected chi connectivity index (χ3v) is 8.06. The van der Waals surface area contributed by atoms with Crippen molar-refractivity contribution in [3.8, 4) is 11.5 Å². The molecule has 0 saturated carbocycles. The van der Waals surface area contributed by atoms with Crippen LogP contribution in [0.1, 0.15) is 19.4 Å². The Hall–Kier alpha value is -4.05. The molecule has 1 atom stereocenters. The molecule has 0 saturated heterocycles. The van der Waals surface area contributed by atoms with E-state index in [-0.39, 0.29) is 28.8 Å². The zero-order valence-electron chi connectivity index (χ0n) is 22.7. The molecule has 0 spiro atoms. The summed E-state index contributed by atoms with van der Waals surface area (Å²) in [5.74, 6) is -0.0554. The van der Waals surface area contributed by atoms with E-state index in [0.717, 1.165) is 9.87 Å². The van der Waals surface area contributed by atoms with Crippen molar-refractivity contribution in [1.29, 1.82) is 0 Å². The van der Waals surface area contributed by atoms with Crippen LogP contribution in [-0.4, -0.2) is 65.0 Å². The van der Waals surface area contributed by atoms with Gasteiger partial charge in [-0.3, -0.25) is 13.9 Å². The third kappa shape index (κ3) is 7.29. The number of ether oxygens (including phenoxy) is 2. The second kappa shape index (κ2) is 13.7. The minimum atomic E-state index is -4.21. The van der Waals surface area contributed by atoms with Crippen LogP contribution in [0.3, 0.4) is 0 Å². The highest BCUT2D eigenvalue weighted by Crippen LogP contribution is 2.33. The van der Waals surface area contributed by atoms with Gasteiger partial charge in [-0.1, -0.05) is 42.5 Å². The van der Waals surface area contributed by atoms with Gasteiger partial charge in [0, 0.05) is 13.1 Å². The van der Waals surface area contributed by atoms with E-state index in [1.807, 2.05) is 30.3 Å². The van der Waals surface area contributed by atoms with E-state index in [0.29, 0.717) is 18.7 Å². The first-order valence-corrected chi connectivity index (χ1v) is 14.1. The highest BCUT2D eigenvalue weighted by molar-refractivity contribution is 7.92. The van der Waals surface area contributed by atoms with Crippen LogP contribution in [0.4, 0.5) is 5.69 Å². The molecule has 0 bridgehead atoms. The van der Waals surface area contributed by atoms with Crippen molar-refractivity contribution in [2.75, 3.05) is 38.2 Å². The van der Waals surface area contributed by atoms with Gasteiger partial charge in [0.1, 0.15) is 24.1 Å². The number of carbonyl (C=O) groups is 2. The van der Waals surface area contributed by atoms with E-state index in [9.17, 15) is 18.0 Å². The van der Waals surface area contributed by atoms with Crippen LogP contribution in [0.25, 0.3) is 0 Å². The molecule has 3 rings (SSSR count). The number of rotatable bonds is 13. The van der Waals surface area contributed by atoms with E-state index in [4.69, 9.17) is 9.47 Å². The van der Waals surface area contributed by atoms with E-state index < -0.39 is 28.5 Å². The molecule has 3 aromatic rings. The van der Waals surface area contributed by atoms with E-state index >= 15 is 0 Å². The third-order valence-electron chi connectivity index (χ3n) is 6.28. The predicted octanol–water partition coefficient (Wildman–Crippen LogP) is 3.50. The van der Waals surface area contributed by atoms with E-state index in [1.54, 1.807) is 50.2 Å². The topological polar surface area (TPSA) is 105 Å². The molecule has 0 aliphatic heterocycles. The van der Waals surface area contributed by atoms with Gasteiger partial charge in [-0.25, -0.2) is 8.42 Å². The second-order valence-corrected chi connectivity index (χ2v) is 10.6. The van der Waals surface area contributed by atoms with Gasteiger partial charge in [0.25, 0.3) is 10.0 Å². The molecule has 0 aliphatic carbocycles. The van der Waals surface area contributed by atoms with Crippen LogP contribution in [0.15, 0.2) is 83.8 Å². The highest BCUT2D eigenvalue weighted by Gasteiger charge is 2.33. The van der Waals surface area contributed by atoms with E-state index in [2.05, 4.69) is 5.32 Å². The molecular weight excluding hydrogens is 518 g/mol. The van der Waals surface area contributed by atoms with Gasteiger partial charge in [-0.2, -0.15) is 0 Å². The number of hydrogen-bond acceptors (Lipinski definition) is 6. The molecule has 0 heterocycles. The van der Waals surface area contributed by atoms with Crippen LogP contribution in [0.2, 0.25) is 0 Å². The SMILES string of the molecule is CCNC(=O)[C@H](C)N(CCc1ccccc1)C(=O)CN(c1ccccc1OC)S(=O)(=O)c1ccc(OC)cc1. The smallest absolute Gasteiger partial charge is 0.264 e. The summed E-state index contributed by atoms with van der Waals surface area (Å²) in [6.45, 7) is 3.53. The normalized spacial score (nSPS) is 11.8. The minimum Gasteiger partial charge on any atom is -0.497 e. The molecule has 39 heavy (non-hydrogen) atoms. The largest absolute Gasteiger partial charge is 0.497 e. The number of nitrogens with one attached hydrogen (secondary N) is 1. The Morgan fingerprint density at radius 2 is 1.54 bits per heavy atom. The molecule has 2 amide bonds. The fourth-order valence-electron chi connectivity index (χ4n) is 4.12. The number of methoxy groups -OCH3 is 2. The van der Waals surface area contributed by atoms with Crippen LogP contribution in [-0.2, 0) is 26.0 Å². The van der Waals surface area contributed by atoms with Crippen molar-refractivity contribution in [3.63, 3.8) is 0 Å². The molecule has 3 aromatic carbocycles. The van der Waals surface area contributed by atoms with Gasteiger partial charge < -0.3 is 19.7 Å². The lowest BCUT2D eigenvalue weighted by molar-refractivity contribution is -0.138. The highest BCUT2D eigenvalue weighted by atomic mass is 32.2. The monoisotopic (exact) mass is 553 g/mol. The molecule has 0 radical (unpaired) electrons. The molecule has 0 unspecified atom stereocenters. The van der Waals surface area contributed by atoms with Gasteiger partial charge in [0.05, 0.1) is 24.8 Å². The van der Waals surface area contributed by atoms with Gasteiger partial charge in [0.2, 0.25) is 11.8 Å². The molecule has 10 heteroatoms. The van der Waals surface area contributed by atoms with Gasteiger partial charge >= 0.3 is 0 Å². The lowest BCUT2D eigenvalue weighted by Gasteiger charge is -2.32.